The van der Waals surface area contributed by atoms with Crippen LogP contribution in [0.4, 0.5) is 5.82 Å². The van der Waals surface area contributed by atoms with E-state index >= 15 is 0 Å². The quantitative estimate of drug-likeness (QED) is 0.864. The van der Waals surface area contributed by atoms with Crippen LogP contribution in [0.1, 0.15) is 11.3 Å². The van der Waals surface area contributed by atoms with E-state index in [0.29, 0.717) is 18.1 Å². The molecule has 6 heteroatoms. The van der Waals surface area contributed by atoms with E-state index in [-0.39, 0.29) is 12.5 Å². The van der Waals surface area contributed by atoms with Crippen LogP contribution in [0.2, 0.25) is 0 Å². The van der Waals surface area contributed by atoms with Crippen LogP contribution in [-0.4, -0.2) is 41.1 Å². The van der Waals surface area contributed by atoms with E-state index in [2.05, 4.69) is 15.5 Å². The summed E-state index contributed by atoms with van der Waals surface area (Å²) in [5.41, 5.74) is 1.17. The number of nitrogens with one attached hydrogen (secondary N) is 1. The lowest BCUT2D eigenvalue weighted by atomic mass is 10.2. The molecule has 106 valence electrons. The fraction of sp³-hybridized carbons (Fsp3) is 0.357. The summed E-state index contributed by atoms with van der Waals surface area (Å²) in [6.07, 6.45) is 4.32. The van der Waals surface area contributed by atoms with Gasteiger partial charge in [0, 0.05) is 32.1 Å². The van der Waals surface area contributed by atoms with Gasteiger partial charge in [0.1, 0.15) is 5.76 Å². The first-order chi connectivity index (χ1) is 9.65. The number of carbonyl (C=O) groups excluding carboxylic acids is 1. The zero-order valence-corrected chi connectivity index (χ0v) is 11.7. The van der Waals surface area contributed by atoms with E-state index < -0.39 is 0 Å². The first-order valence-electron chi connectivity index (χ1n) is 6.45. The summed E-state index contributed by atoms with van der Waals surface area (Å²) in [5, 5.41) is 6.72. The van der Waals surface area contributed by atoms with Gasteiger partial charge in [-0.15, -0.1) is 0 Å². The van der Waals surface area contributed by atoms with Crippen molar-refractivity contribution >= 4 is 11.7 Å². The molecule has 0 bridgehead atoms. The first kappa shape index (κ1) is 14.0. The number of pyridine rings is 1. The second-order valence-corrected chi connectivity index (χ2v) is 4.60. The van der Waals surface area contributed by atoms with Gasteiger partial charge in [0.25, 0.3) is 0 Å². The van der Waals surface area contributed by atoms with Gasteiger partial charge < -0.3 is 14.7 Å². The minimum Gasteiger partial charge on any atom is -0.360 e. The lowest BCUT2D eigenvalue weighted by Crippen LogP contribution is -2.33. The topological polar surface area (TPSA) is 71.3 Å². The SMILES string of the molecule is Cc1cc(NCC(=O)N(C)CCc2ccncc2)no1. The van der Waals surface area contributed by atoms with Gasteiger partial charge in [-0.05, 0) is 31.0 Å². The molecule has 0 atom stereocenters. The molecule has 1 amide bonds. The summed E-state index contributed by atoms with van der Waals surface area (Å²) in [6.45, 7) is 2.68. The van der Waals surface area contributed by atoms with E-state index in [1.54, 1.807) is 37.3 Å². The summed E-state index contributed by atoms with van der Waals surface area (Å²) >= 11 is 0. The van der Waals surface area contributed by atoms with E-state index in [1.807, 2.05) is 12.1 Å². The highest BCUT2D eigenvalue weighted by atomic mass is 16.5. The lowest BCUT2D eigenvalue weighted by Gasteiger charge is -2.17. The van der Waals surface area contributed by atoms with Crippen LogP contribution >= 0.6 is 0 Å². The summed E-state index contributed by atoms with van der Waals surface area (Å²) in [4.78, 5) is 17.6. The van der Waals surface area contributed by atoms with Gasteiger partial charge in [0.05, 0.1) is 6.54 Å². The van der Waals surface area contributed by atoms with Crippen molar-refractivity contribution in [3.8, 4) is 0 Å². The predicted molar refractivity (Wildman–Crippen MR) is 75.3 cm³/mol. The van der Waals surface area contributed by atoms with Crippen LogP contribution < -0.4 is 5.32 Å². The third kappa shape index (κ3) is 4.08. The van der Waals surface area contributed by atoms with E-state index in [0.717, 1.165) is 6.42 Å². The Morgan fingerprint density at radius 2 is 2.15 bits per heavy atom. The fourth-order valence-corrected chi connectivity index (χ4v) is 1.72. The number of hydrogen-bond donors (Lipinski definition) is 1. The largest absolute Gasteiger partial charge is 0.360 e. The zero-order valence-electron chi connectivity index (χ0n) is 11.7. The van der Waals surface area contributed by atoms with Crippen LogP contribution in [-0.2, 0) is 11.2 Å². The number of carbonyl (C=O) groups is 1. The summed E-state index contributed by atoms with van der Waals surface area (Å²) < 4.78 is 4.92. The minimum atomic E-state index is 0.0136. The average molecular weight is 274 g/mol. The predicted octanol–water partition coefficient (Wildman–Crippen LogP) is 1.49. The van der Waals surface area contributed by atoms with Crippen molar-refractivity contribution in [2.24, 2.45) is 0 Å². The molecule has 0 saturated heterocycles. The van der Waals surface area contributed by atoms with Crippen molar-refractivity contribution in [1.82, 2.24) is 15.0 Å². The van der Waals surface area contributed by atoms with Gasteiger partial charge in [-0.2, -0.15) is 0 Å². The molecule has 2 aromatic rings. The maximum Gasteiger partial charge on any atom is 0.241 e. The second-order valence-electron chi connectivity index (χ2n) is 4.60. The van der Waals surface area contributed by atoms with Crippen LogP contribution in [0.15, 0.2) is 35.1 Å². The van der Waals surface area contributed by atoms with Crippen molar-refractivity contribution in [3.05, 3.63) is 41.9 Å². The maximum atomic E-state index is 11.9. The van der Waals surface area contributed by atoms with Crippen molar-refractivity contribution in [2.45, 2.75) is 13.3 Å². The number of nitrogens with zero attached hydrogens (tertiary/aromatic N) is 3. The monoisotopic (exact) mass is 274 g/mol. The molecule has 0 radical (unpaired) electrons. The van der Waals surface area contributed by atoms with Gasteiger partial charge in [-0.25, -0.2) is 0 Å². The van der Waals surface area contributed by atoms with E-state index in [4.69, 9.17) is 4.52 Å². The van der Waals surface area contributed by atoms with Crippen LogP contribution in [0.25, 0.3) is 0 Å². The Balaban J connectivity index is 1.74. The highest BCUT2D eigenvalue weighted by Crippen LogP contribution is 2.06. The van der Waals surface area contributed by atoms with Crippen LogP contribution in [0, 0.1) is 6.92 Å². The van der Waals surface area contributed by atoms with Crippen molar-refractivity contribution in [3.63, 3.8) is 0 Å². The normalized spacial score (nSPS) is 10.3. The molecule has 0 aliphatic heterocycles. The van der Waals surface area contributed by atoms with Crippen molar-refractivity contribution < 1.29 is 9.32 Å². The van der Waals surface area contributed by atoms with Gasteiger partial charge in [0.15, 0.2) is 5.82 Å². The van der Waals surface area contributed by atoms with Gasteiger partial charge in [0.2, 0.25) is 5.91 Å². The molecule has 0 aliphatic carbocycles. The number of aromatic nitrogens is 2. The minimum absolute atomic E-state index is 0.0136. The van der Waals surface area contributed by atoms with Gasteiger partial charge in [-0.1, -0.05) is 5.16 Å². The number of amides is 1. The van der Waals surface area contributed by atoms with Gasteiger partial charge in [-0.3, -0.25) is 9.78 Å². The van der Waals surface area contributed by atoms with E-state index in [1.165, 1.54) is 5.56 Å². The highest BCUT2D eigenvalue weighted by Gasteiger charge is 2.09. The Kier molecular flexibility index (Phi) is 4.70. The molecule has 1 N–H and O–H groups in total. The number of anilines is 1. The molecule has 0 saturated carbocycles. The Labute approximate surface area is 117 Å². The van der Waals surface area contributed by atoms with E-state index in [9.17, 15) is 4.79 Å². The Bertz CT molecular complexity index is 553. The molecule has 6 nitrogen and oxygen atoms in total. The number of aryl methyl sites for hydroxylation is 1. The average Bonchev–Trinajstić information content (AvgIpc) is 2.89. The van der Waals surface area contributed by atoms with Crippen molar-refractivity contribution in [1.29, 1.82) is 0 Å². The molecule has 20 heavy (non-hydrogen) atoms. The number of rotatable bonds is 6. The Hall–Kier alpha value is -2.37. The lowest BCUT2D eigenvalue weighted by molar-refractivity contribution is -0.128. The molecular weight excluding hydrogens is 256 g/mol. The molecule has 0 unspecified atom stereocenters. The highest BCUT2D eigenvalue weighted by molar-refractivity contribution is 5.80. The third-order valence-electron chi connectivity index (χ3n) is 2.96. The fourth-order valence-electron chi connectivity index (χ4n) is 1.72. The summed E-state index contributed by atoms with van der Waals surface area (Å²) in [6, 6.07) is 5.66. The van der Waals surface area contributed by atoms with Crippen LogP contribution in [0.3, 0.4) is 0 Å². The standard InChI is InChI=1S/C14H18N4O2/c1-11-9-13(17-20-11)16-10-14(19)18(2)8-5-12-3-6-15-7-4-12/h3-4,6-7,9H,5,8,10H2,1-2H3,(H,16,17). The molecule has 2 rings (SSSR count). The molecular formula is C14H18N4O2. The van der Waals surface area contributed by atoms with Crippen LogP contribution in [0.5, 0.6) is 0 Å². The second kappa shape index (κ2) is 6.70. The number of likely N-dealkylation sites (N-methyl/N-ethyl adjacent to an activating group) is 1. The summed E-state index contributed by atoms with van der Waals surface area (Å²) in [5.74, 6) is 1.31. The molecule has 0 aliphatic rings. The zero-order chi connectivity index (χ0) is 14.4. The van der Waals surface area contributed by atoms with Gasteiger partial charge >= 0.3 is 0 Å². The maximum absolute atomic E-state index is 11.9. The summed E-state index contributed by atoms with van der Waals surface area (Å²) in [7, 11) is 1.79. The molecule has 0 fully saturated rings. The molecule has 2 aromatic heterocycles. The van der Waals surface area contributed by atoms with Crippen molar-refractivity contribution in [2.75, 3.05) is 25.5 Å². The first-order valence-corrected chi connectivity index (χ1v) is 6.45. The number of hydrogen-bond acceptors (Lipinski definition) is 5. The molecule has 2 heterocycles. The Morgan fingerprint density at radius 3 is 2.80 bits per heavy atom. The Morgan fingerprint density at radius 1 is 1.40 bits per heavy atom. The molecule has 0 aromatic carbocycles. The third-order valence-corrected chi connectivity index (χ3v) is 2.96. The molecule has 0 spiro atoms. The smallest absolute Gasteiger partial charge is 0.241 e.